The van der Waals surface area contributed by atoms with E-state index >= 15 is 0 Å². The molecule has 0 bridgehead atoms. The molecule has 28 heavy (non-hydrogen) atoms. The van der Waals surface area contributed by atoms with Crippen molar-refractivity contribution in [3.63, 3.8) is 0 Å². The van der Waals surface area contributed by atoms with Gasteiger partial charge in [-0.2, -0.15) is 9.36 Å². The third-order valence-corrected chi connectivity index (χ3v) is 6.00. The molecule has 2 aromatic heterocycles. The van der Waals surface area contributed by atoms with E-state index in [1.807, 2.05) is 31.2 Å². The molecule has 4 aromatic rings. The van der Waals surface area contributed by atoms with Crippen molar-refractivity contribution in [2.24, 2.45) is 0 Å². The van der Waals surface area contributed by atoms with Crippen molar-refractivity contribution < 1.29 is 17.6 Å². The maximum Gasteiger partial charge on any atom is 0.293 e. The number of hydrogen-bond donors (Lipinski definition) is 1. The number of aromatic nitrogens is 2. The van der Waals surface area contributed by atoms with Crippen LogP contribution >= 0.6 is 11.5 Å². The van der Waals surface area contributed by atoms with Crippen molar-refractivity contribution in [3.8, 4) is 11.4 Å². The summed E-state index contributed by atoms with van der Waals surface area (Å²) < 4.78 is 33.0. The first-order chi connectivity index (χ1) is 13.3. The number of carbonyl (C=O) groups is 1. The Morgan fingerprint density at radius 1 is 1.11 bits per heavy atom. The Morgan fingerprint density at radius 3 is 2.50 bits per heavy atom. The van der Waals surface area contributed by atoms with Gasteiger partial charge in [0.25, 0.3) is 5.91 Å². The minimum absolute atomic E-state index is 0.223. The Kier molecular flexibility index (Phi) is 4.48. The van der Waals surface area contributed by atoms with Gasteiger partial charge in [0.05, 0.1) is 4.90 Å². The van der Waals surface area contributed by atoms with Crippen LogP contribution in [0.4, 0.5) is 5.13 Å². The molecular formula is C19H15N3O4S2. The van der Waals surface area contributed by atoms with E-state index < -0.39 is 15.7 Å². The van der Waals surface area contributed by atoms with Gasteiger partial charge < -0.3 is 4.42 Å². The SMILES string of the molecule is Cc1c(C(=O)Nc2nc(-c3ccc(S(C)(=O)=O)cc3)ns2)oc2ccccc12. The van der Waals surface area contributed by atoms with Crippen LogP contribution in [0.3, 0.4) is 0 Å². The number of carbonyl (C=O) groups excluding carboxylic acids is 1. The Hall–Kier alpha value is -3.04. The van der Waals surface area contributed by atoms with Crippen molar-refractivity contribution in [2.45, 2.75) is 11.8 Å². The highest BCUT2D eigenvalue weighted by molar-refractivity contribution is 7.90. The summed E-state index contributed by atoms with van der Waals surface area (Å²) in [6.07, 6.45) is 1.15. The quantitative estimate of drug-likeness (QED) is 0.544. The second kappa shape index (κ2) is 6.84. The lowest BCUT2D eigenvalue weighted by atomic mass is 10.1. The van der Waals surface area contributed by atoms with Crippen molar-refractivity contribution >= 4 is 43.4 Å². The molecule has 0 fully saturated rings. The lowest BCUT2D eigenvalue weighted by Gasteiger charge is -2.00. The number of furan rings is 1. The average molecular weight is 413 g/mol. The molecule has 4 rings (SSSR count). The second-order valence-electron chi connectivity index (χ2n) is 6.23. The monoisotopic (exact) mass is 413 g/mol. The second-order valence-corrected chi connectivity index (χ2v) is 8.99. The number of nitrogens with one attached hydrogen (secondary N) is 1. The van der Waals surface area contributed by atoms with Gasteiger partial charge in [-0.1, -0.05) is 18.2 Å². The molecule has 0 spiro atoms. The van der Waals surface area contributed by atoms with Gasteiger partial charge in [0.1, 0.15) is 5.58 Å². The van der Waals surface area contributed by atoms with Crippen LogP contribution in [0, 0.1) is 6.92 Å². The first-order valence-electron chi connectivity index (χ1n) is 8.26. The van der Waals surface area contributed by atoms with Crippen molar-refractivity contribution in [2.75, 3.05) is 11.6 Å². The summed E-state index contributed by atoms with van der Waals surface area (Å²) in [4.78, 5) is 17.1. The number of para-hydroxylation sites is 1. The van der Waals surface area contributed by atoms with E-state index in [-0.39, 0.29) is 10.7 Å². The molecule has 0 saturated carbocycles. The number of fused-ring (bicyclic) bond motifs is 1. The number of anilines is 1. The molecule has 0 aliphatic rings. The smallest absolute Gasteiger partial charge is 0.293 e. The fourth-order valence-electron chi connectivity index (χ4n) is 2.79. The molecule has 0 aliphatic carbocycles. The zero-order chi connectivity index (χ0) is 19.9. The van der Waals surface area contributed by atoms with E-state index in [2.05, 4.69) is 14.7 Å². The number of sulfone groups is 1. The molecule has 0 radical (unpaired) electrons. The maximum absolute atomic E-state index is 12.6. The third kappa shape index (κ3) is 3.41. The lowest BCUT2D eigenvalue weighted by molar-refractivity contribution is 0.0998. The van der Waals surface area contributed by atoms with E-state index in [0.29, 0.717) is 22.1 Å². The van der Waals surface area contributed by atoms with Crippen LogP contribution in [0.2, 0.25) is 0 Å². The predicted molar refractivity (Wildman–Crippen MR) is 107 cm³/mol. The summed E-state index contributed by atoms with van der Waals surface area (Å²) in [5.41, 5.74) is 2.06. The number of rotatable bonds is 4. The molecule has 0 aliphatic heterocycles. The van der Waals surface area contributed by atoms with Crippen LogP contribution in [-0.2, 0) is 9.84 Å². The van der Waals surface area contributed by atoms with Crippen molar-refractivity contribution in [1.82, 2.24) is 9.36 Å². The fourth-order valence-corrected chi connectivity index (χ4v) is 4.00. The number of benzene rings is 2. The van der Waals surface area contributed by atoms with Gasteiger partial charge in [0.2, 0.25) is 5.13 Å². The first kappa shape index (κ1) is 18.3. The Balaban J connectivity index is 1.56. The molecule has 1 N–H and O–H groups in total. The first-order valence-corrected chi connectivity index (χ1v) is 10.9. The van der Waals surface area contributed by atoms with E-state index in [4.69, 9.17) is 4.42 Å². The summed E-state index contributed by atoms with van der Waals surface area (Å²) in [7, 11) is -3.26. The molecule has 0 atom stereocenters. The summed E-state index contributed by atoms with van der Waals surface area (Å²) in [5, 5.41) is 3.91. The van der Waals surface area contributed by atoms with Crippen LogP contribution in [0.25, 0.3) is 22.4 Å². The molecule has 1 amide bonds. The summed E-state index contributed by atoms with van der Waals surface area (Å²) in [5.74, 6) is 0.237. The molecule has 0 unspecified atom stereocenters. The topological polar surface area (TPSA) is 102 Å². The minimum atomic E-state index is -3.26. The highest BCUT2D eigenvalue weighted by atomic mass is 32.2. The average Bonchev–Trinajstić information content (AvgIpc) is 3.26. The van der Waals surface area contributed by atoms with Gasteiger partial charge in [-0.05, 0) is 37.3 Å². The number of aryl methyl sites for hydroxylation is 1. The highest BCUT2D eigenvalue weighted by Gasteiger charge is 2.19. The van der Waals surface area contributed by atoms with E-state index in [0.717, 1.165) is 28.7 Å². The molecular weight excluding hydrogens is 398 g/mol. The molecule has 9 heteroatoms. The van der Waals surface area contributed by atoms with E-state index in [9.17, 15) is 13.2 Å². The van der Waals surface area contributed by atoms with Crippen LogP contribution in [0.15, 0.2) is 57.8 Å². The van der Waals surface area contributed by atoms with Gasteiger partial charge in [-0.15, -0.1) is 0 Å². The van der Waals surface area contributed by atoms with Gasteiger partial charge >= 0.3 is 0 Å². The van der Waals surface area contributed by atoms with E-state index in [1.165, 1.54) is 12.1 Å². The van der Waals surface area contributed by atoms with Crippen LogP contribution in [-0.4, -0.2) is 29.9 Å². The van der Waals surface area contributed by atoms with Gasteiger partial charge in [-0.3, -0.25) is 10.1 Å². The fraction of sp³-hybridized carbons (Fsp3) is 0.105. The number of amides is 1. The summed E-state index contributed by atoms with van der Waals surface area (Å²) in [6.45, 7) is 1.83. The van der Waals surface area contributed by atoms with Gasteiger partial charge in [0, 0.05) is 34.3 Å². The Bertz CT molecular complexity index is 1290. The normalized spacial score (nSPS) is 11.6. The largest absolute Gasteiger partial charge is 0.451 e. The molecule has 2 aromatic carbocycles. The zero-order valence-electron chi connectivity index (χ0n) is 15.0. The van der Waals surface area contributed by atoms with Crippen molar-refractivity contribution in [1.29, 1.82) is 0 Å². The minimum Gasteiger partial charge on any atom is -0.451 e. The molecule has 142 valence electrons. The highest BCUT2D eigenvalue weighted by Crippen LogP contribution is 2.27. The van der Waals surface area contributed by atoms with Crippen LogP contribution in [0.5, 0.6) is 0 Å². The van der Waals surface area contributed by atoms with Gasteiger partial charge in [-0.25, -0.2) is 8.42 Å². The Morgan fingerprint density at radius 2 is 1.82 bits per heavy atom. The summed E-state index contributed by atoms with van der Waals surface area (Å²) in [6, 6.07) is 13.7. The van der Waals surface area contributed by atoms with Gasteiger partial charge in [0.15, 0.2) is 21.4 Å². The summed E-state index contributed by atoms with van der Waals surface area (Å²) >= 11 is 1.04. The predicted octanol–water partition coefficient (Wildman–Crippen LogP) is 3.92. The number of hydrogen-bond acceptors (Lipinski definition) is 7. The molecule has 2 heterocycles. The van der Waals surface area contributed by atoms with Crippen LogP contribution < -0.4 is 5.32 Å². The van der Waals surface area contributed by atoms with E-state index in [1.54, 1.807) is 12.1 Å². The zero-order valence-corrected chi connectivity index (χ0v) is 16.6. The third-order valence-electron chi connectivity index (χ3n) is 4.24. The van der Waals surface area contributed by atoms with Crippen LogP contribution in [0.1, 0.15) is 16.1 Å². The molecule has 7 nitrogen and oxygen atoms in total. The molecule has 0 saturated heterocycles. The standard InChI is InChI=1S/C19H15N3O4S2/c1-11-14-5-3-4-6-15(14)26-16(11)18(23)21-19-20-17(22-27-19)12-7-9-13(10-8-12)28(2,24)25/h3-10H,1-2H3,(H,20,21,22,23). The Labute approximate surface area is 165 Å². The maximum atomic E-state index is 12.6. The lowest BCUT2D eigenvalue weighted by Crippen LogP contribution is -2.11. The van der Waals surface area contributed by atoms with Crippen molar-refractivity contribution in [3.05, 3.63) is 59.9 Å². The number of nitrogens with zero attached hydrogens (tertiary/aromatic N) is 2.